The number of hydrogen-bond acceptors (Lipinski definition) is 4. The van der Waals surface area contributed by atoms with Crippen LogP contribution in [0, 0.1) is 20.8 Å². The molecule has 1 N–H and O–H groups in total. The molecule has 1 aliphatic heterocycles. The van der Waals surface area contributed by atoms with E-state index in [1.807, 2.05) is 62.4 Å². The number of hydrogen-bond donors (Lipinski definition) is 1. The first-order valence-corrected chi connectivity index (χ1v) is 11.1. The molecule has 7 heteroatoms. The third-order valence-corrected chi connectivity index (χ3v) is 5.74. The summed E-state index contributed by atoms with van der Waals surface area (Å²) in [5, 5.41) is 2.98. The van der Waals surface area contributed by atoms with E-state index in [0.717, 1.165) is 16.9 Å². The molecule has 0 unspecified atom stereocenters. The van der Waals surface area contributed by atoms with Crippen LogP contribution in [0.1, 0.15) is 33.0 Å². The van der Waals surface area contributed by atoms with Gasteiger partial charge in [0.15, 0.2) is 0 Å². The number of piperazine rings is 1. The maximum atomic E-state index is 12.9. The largest absolute Gasteiger partial charge is 0.487 e. The van der Waals surface area contributed by atoms with Crippen LogP contribution in [0.25, 0.3) is 0 Å². The second-order valence-electron chi connectivity index (χ2n) is 8.31. The highest BCUT2D eigenvalue weighted by molar-refractivity contribution is 5.96. The lowest BCUT2D eigenvalue weighted by atomic mass is 10.2. The van der Waals surface area contributed by atoms with Crippen LogP contribution < -0.4 is 10.1 Å². The number of amides is 3. The van der Waals surface area contributed by atoms with Crippen LogP contribution in [0.15, 0.2) is 59.0 Å². The molecule has 1 fully saturated rings. The Labute approximate surface area is 193 Å². The molecule has 1 aliphatic rings. The molecule has 3 aromatic rings. The van der Waals surface area contributed by atoms with Gasteiger partial charge in [-0.25, -0.2) is 4.79 Å². The zero-order valence-electron chi connectivity index (χ0n) is 19.3. The summed E-state index contributed by atoms with van der Waals surface area (Å²) in [7, 11) is 0. The number of nitrogens with one attached hydrogen (secondary N) is 1. The number of carbonyl (C=O) groups excluding carboxylic acids is 2. The van der Waals surface area contributed by atoms with Crippen LogP contribution >= 0.6 is 0 Å². The molecule has 4 rings (SSSR count). The van der Waals surface area contributed by atoms with Crippen molar-refractivity contribution in [3.63, 3.8) is 0 Å². The number of anilines is 1. The number of ether oxygens (including phenoxy) is 1. The van der Waals surface area contributed by atoms with Crippen molar-refractivity contribution >= 4 is 17.6 Å². The number of benzene rings is 2. The summed E-state index contributed by atoms with van der Waals surface area (Å²) in [6, 6.07) is 17.2. The second-order valence-corrected chi connectivity index (χ2v) is 8.31. The van der Waals surface area contributed by atoms with E-state index in [4.69, 9.17) is 9.15 Å². The van der Waals surface area contributed by atoms with Gasteiger partial charge in [-0.3, -0.25) is 4.79 Å². The number of urea groups is 1. The van der Waals surface area contributed by atoms with E-state index in [1.165, 1.54) is 0 Å². The van der Waals surface area contributed by atoms with Crippen molar-refractivity contribution in [1.29, 1.82) is 0 Å². The molecule has 172 valence electrons. The number of furan rings is 1. The van der Waals surface area contributed by atoms with Gasteiger partial charge in [-0.05, 0) is 50.1 Å². The highest BCUT2D eigenvalue weighted by Crippen LogP contribution is 2.27. The van der Waals surface area contributed by atoms with Gasteiger partial charge in [-0.1, -0.05) is 36.4 Å². The van der Waals surface area contributed by atoms with Gasteiger partial charge in [0.05, 0.1) is 11.3 Å². The Balaban J connectivity index is 1.36. The molecule has 0 spiro atoms. The van der Waals surface area contributed by atoms with Crippen molar-refractivity contribution < 1.29 is 18.7 Å². The monoisotopic (exact) mass is 447 g/mol. The summed E-state index contributed by atoms with van der Waals surface area (Å²) in [4.78, 5) is 29.2. The second kappa shape index (κ2) is 9.81. The van der Waals surface area contributed by atoms with E-state index in [2.05, 4.69) is 5.32 Å². The molecule has 0 aliphatic carbocycles. The minimum Gasteiger partial charge on any atom is -0.487 e. The van der Waals surface area contributed by atoms with Gasteiger partial charge in [0, 0.05) is 26.2 Å². The fourth-order valence-corrected chi connectivity index (χ4v) is 3.91. The van der Waals surface area contributed by atoms with Crippen molar-refractivity contribution in [1.82, 2.24) is 9.80 Å². The molecular formula is C26H29N3O4. The SMILES string of the molecule is Cc1ccc(NC(=O)N2CCN(C(=O)c3cc(C)oc3C)CC2)c(OCc2ccccc2)c1. The van der Waals surface area contributed by atoms with Crippen LogP contribution in [0.3, 0.4) is 0 Å². The van der Waals surface area contributed by atoms with Crippen molar-refractivity contribution in [2.24, 2.45) is 0 Å². The van der Waals surface area contributed by atoms with Crippen molar-refractivity contribution in [2.75, 3.05) is 31.5 Å². The van der Waals surface area contributed by atoms with Crippen LogP contribution in [-0.2, 0) is 6.61 Å². The van der Waals surface area contributed by atoms with E-state index in [-0.39, 0.29) is 11.9 Å². The summed E-state index contributed by atoms with van der Waals surface area (Å²) in [6.07, 6.45) is 0. The predicted octanol–water partition coefficient (Wildman–Crippen LogP) is 4.77. The summed E-state index contributed by atoms with van der Waals surface area (Å²) >= 11 is 0. The molecule has 1 aromatic heterocycles. The zero-order valence-corrected chi connectivity index (χ0v) is 19.3. The number of carbonyl (C=O) groups is 2. The van der Waals surface area contributed by atoms with Crippen molar-refractivity contribution in [3.05, 3.63) is 82.8 Å². The molecule has 0 atom stereocenters. The van der Waals surface area contributed by atoms with Gasteiger partial charge in [0.25, 0.3) is 5.91 Å². The smallest absolute Gasteiger partial charge is 0.322 e. The van der Waals surface area contributed by atoms with Gasteiger partial charge in [-0.15, -0.1) is 0 Å². The lowest BCUT2D eigenvalue weighted by Crippen LogP contribution is -2.51. The number of rotatable bonds is 5. The van der Waals surface area contributed by atoms with E-state index < -0.39 is 0 Å². The molecule has 0 radical (unpaired) electrons. The Hall–Kier alpha value is -3.74. The van der Waals surface area contributed by atoms with Crippen molar-refractivity contribution in [3.8, 4) is 5.75 Å². The number of nitrogens with zero attached hydrogens (tertiary/aromatic N) is 2. The van der Waals surface area contributed by atoms with E-state index in [9.17, 15) is 9.59 Å². The normalized spacial score (nSPS) is 13.7. The molecule has 2 heterocycles. The summed E-state index contributed by atoms with van der Waals surface area (Å²) in [6.45, 7) is 7.89. The highest BCUT2D eigenvalue weighted by atomic mass is 16.5. The molecular weight excluding hydrogens is 418 g/mol. The standard InChI is InChI=1S/C26H29N3O4/c1-18-9-10-23(24(15-18)32-17-21-7-5-4-6-8-21)27-26(31)29-13-11-28(12-14-29)25(30)22-16-19(2)33-20(22)3/h4-10,15-16H,11-14,17H2,1-3H3,(H,27,31). The topological polar surface area (TPSA) is 75.0 Å². The average Bonchev–Trinajstić information content (AvgIpc) is 3.17. The predicted molar refractivity (Wildman–Crippen MR) is 127 cm³/mol. The van der Waals surface area contributed by atoms with Gasteiger partial charge in [-0.2, -0.15) is 0 Å². The van der Waals surface area contributed by atoms with Gasteiger partial charge >= 0.3 is 6.03 Å². The average molecular weight is 448 g/mol. The maximum absolute atomic E-state index is 12.9. The number of aryl methyl sites for hydroxylation is 3. The Morgan fingerprint density at radius 1 is 0.939 bits per heavy atom. The molecule has 2 aromatic carbocycles. The highest BCUT2D eigenvalue weighted by Gasteiger charge is 2.27. The Morgan fingerprint density at radius 3 is 2.30 bits per heavy atom. The van der Waals surface area contributed by atoms with Gasteiger partial charge in [0.1, 0.15) is 23.9 Å². The first-order valence-electron chi connectivity index (χ1n) is 11.1. The third kappa shape index (κ3) is 5.37. The summed E-state index contributed by atoms with van der Waals surface area (Å²) in [5.74, 6) is 1.92. The minimum absolute atomic E-state index is 0.0560. The molecule has 0 bridgehead atoms. The molecule has 0 saturated carbocycles. The molecule has 3 amide bonds. The summed E-state index contributed by atoms with van der Waals surface area (Å²) < 4.78 is 11.5. The van der Waals surface area contributed by atoms with E-state index in [1.54, 1.807) is 22.8 Å². The molecule has 7 nitrogen and oxygen atoms in total. The van der Waals surface area contributed by atoms with Crippen LogP contribution in [-0.4, -0.2) is 47.9 Å². The van der Waals surface area contributed by atoms with Crippen LogP contribution in [0.2, 0.25) is 0 Å². The Bertz CT molecular complexity index is 1130. The lowest BCUT2D eigenvalue weighted by molar-refractivity contribution is 0.0670. The van der Waals surface area contributed by atoms with Crippen molar-refractivity contribution in [2.45, 2.75) is 27.4 Å². The lowest BCUT2D eigenvalue weighted by Gasteiger charge is -2.34. The quantitative estimate of drug-likeness (QED) is 0.611. The zero-order chi connectivity index (χ0) is 23.4. The fourth-order valence-electron chi connectivity index (χ4n) is 3.91. The summed E-state index contributed by atoms with van der Waals surface area (Å²) in [5.41, 5.74) is 3.32. The Morgan fingerprint density at radius 2 is 1.64 bits per heavy atom. The first kappa shape index (κ1) is 22.5. The minimum atomic E-state index is -0.203. The maximum Gasteiger partial charge on any atom is 0.322 e. The van der Waals surface area contributed by atoms with E-state index in [0.29, 0.717) is 55.5 Å². The Kier molecular flexibility index (Phi) is 6.68. The van der Waals surface area contributed by atoms with Gasteiger partial charge in [0.2, 0.25) is 0 Å². The first-order chi connectivity index (χ1) is 15.9. The van der Waals surface area contributed by atoms with Crippen LogP contribution in [0.4, 0.5) is 10.5 Å². The van der Waals surface area contributed by atoms with Crippen LogP contribution in [0.5, 0.6) is 5.75 Å². The molecule has 1 saturated heterocycles. The van der Waals surface area contributed by atoms with Gasteiger partial charge < -0.3 is 24.3 Å². The fraction of sp³-hybridized carbons (Fsp3) is 0.308. The third-order valence-electron chi connectivity index (χ3n) is 5.74. The van der Waals surface area contributed by atoms with E-state index >= 15 is 0 Å². The molecule has 33 heavy (non-hydrogen) atoms.